The highest BCUT2D eigenvalue weighted by Gasteiger charge is 2.21. The van der Waals surface area contributed by atoms with Crippen molar-refractivity contribution in [1.29, 1.82) is 0 Å². The number of fused-ring (bicyclic) bond motifs is 1. The van der Waals surface area contributed by atoms with Crippen molar-refractivity contribution in [2.24, 2.45) is 4.99 Å². The first-order chi connectivity index (χ1) is 10.3. The molecule has 1 unspecified atom stereocenters. The van der Waals surface area contributed by atoms with E-state index in [2.05, 4.69) is 20.9 Å². The minimum absolute atomic E-state index is 0.0884. The van der Waals surface area contributed by atoms with Gasteiger partial charge in [-0.1, -0.05) is 6.07 Å². The summed E-state index contributed by atoms with van der Waals surface area (Å²) in [5.74, 6) is 0.217. The number of carbonyl (C=O) groups excluding carboxylic acids is 1. The van der Waals surface area contributed by atoms with Gasteiger partial charge in [-0.25, -0.2) is 9.38 Å². The molecule has 2 heterocycles. The molecule has 1 saturated heterocycles. The van der Waals surface area contributed by atoms with Gasteiger partial charge in [-0.2, -0.15) is 0 Å². The molecule has 1 fully saturated rings. The number of nitrogens with zero attached hydrogens (tertiary/aromatic N) is 1. The first-order valence-corrected chi connectivity index (χ1v) is 6.99. The highest BCUT2D eigenvalue weighted by atomic mass is 19.1. The standard InChI is InChI=1S/C15H17FN4O/c16-13-7-12(2-1-10(13)4-6-21)19-15-18-8-11-3-5-17-9-14(11)20-15/h1-2,6-8,14,17H,3-5,9H2,(H2,18,19,20). The Hall–Kier alpha value is -2.21. The summed E-state index contributed by atoms with van der Waals surface area (Å²) in [4.78, 5) is 15.0. The van der Waals surface area contributed by atoms with Gasteiger partial charge in [0.2, 0.25) is 5.96 Å². The molecule has 1 aromatic carbocycles. The number of rotatable bonds is 3. The van der Waals surface area contributed by atoms with Crippen molar-refractivity contribution in [3.8, 4) is 0 Å². The fourth-order valence-corrected chi connectivity index (χ4v) is 2.51. The summed E-state index contributed by atoms with van der Waals surface area (Å²) in [5, 5.41) is 9.46. The van der Waals surface area contributed by atoms with E-state index in [1.54, 1.807) is 12.1 Å². The molecule has 0 saturated carbocycles. The minimum Gasteiger partial charge on any atom is -0.333 e. The third kappa shape index (κ3) is 3.11. The van der Waals surface area contributed by atoms with E-state index in [1.165, 1.54) is 11.6 Å². The summed E-state index contributed by atoms with van der Waals surface area (Å²) in [6.07, 6.45) is 3.74. The molecule has 3 N–H and O–H groups in total. The zero-order chi connectivity index (χ0) is 14.7. The molecule has 2 aliphatic heterocycles. The maximum absolute atomic E-state index is 13.8. The summed E-state index contributed by atoms with van der Waals surface area (Å²) < 4.78 is 13.8. The summed E-state index contributed by atoms with van der Waals surface area (Å²) in [6.45, 7) is 1.80. The van der Waals surface area contributed by atoms with E-state index < -0.39 is 0 Å². The maximum Gasteiger partial charge on any atom is 0.200 e. The van der Waals surface area contributed by atoms with Crippen LogP contribution >= 0.6 is 0 Å². The van der Waals surface area contributed by atoms with Crippen molar-refractivity contribution >= 4 is 17.9 Å². The van der Waals surface area contributed by atoms with Crippen molar-refractivity contribution in [2.75, 3.05) is 18.4 Å². The molecule has 0 radical (unpaired) electrons. The summed E-state index contributed by atoms with van der Waals surface area (Å²) in [6, 6.07) is 4.87. The second-order valence-corrected chi connectivity index (χ2v) is 5.11. The second kappa shape index (κ2) is 6.05. The highest BCUT2D eigenvalue weighted by Crippen LogP contribution is 2.18. The predicted octanol–water partition coefficient (Wildman–Crippen LogP) is 1.18. The van der Waals surface area contributed by atoms with Gasteiger partial charge in [0.15, 0.2) is 0 Å². The average molecular weight is 288 g/mol. The lowest BCUT2D eigenvalue weighted by Gasteiger charge is -2.28. The van der Waals surface area contributed by atoms with Gasteiger partial charge in [-0.3, -0.25) is 0 Å². The number of halogens is 1. The van der Waals surface area contributed by atoms with Crippen LogP contribution < -0.4 is 16.0 Å². The Morgan fingerprint density at radius 2 is 2.38 bits per heavy atom. The third-order valence-electron chi connectivity index (χ3n) is 3.65. The van der Waals surface area contributed by atoms with Crippen molar-refractivity contribution < 1.29 is 9.18 Å². The van der Waals surface area contributed by atoms with E-state index in [9.17, 15) is 9.18 Å². The molecule has 0 aliphatic carbocycles. The Balaban J connectivity index is 1.71. The molecule has 1 aromatic rings. The smallest absolute Gasteiger partial charge is 0.200 e. The number of hydrogen-bond acceptors (Lipinski definition) is 5. The van der Waals surface area contributed by atoms with Crippen LogP contribution in [0, 0.1) is 5.82 Å². The van der Waals surface area contributed by atoms with Crippen LogP contribution in [0.4, 0.5) is 10.1 Å². The van der Waals surface area contributed by atoms with Crippen molar-refractivity contribution in [3.63, 3.8) is 0 Å². The largest absolute Gasteiger partial charge is 0.333 e. The quantitative estimate of drug-likeness (QED) is 0.731. The number of aliphatic imine (C=N–C) groups is 1. The SMILES string of the molecule is O=CCc1ccc(NC2=NC3CNCCC3=CN2)cc1F. The summed E-state index contributed by atoms with van der Waals surface area (Å²) >= 11 is 0. The number of anilines is 1. The molecule has 21 heavy (non-hydrogen) atoms. The molecule has 0 aromatic heterocycles. The normalized spacial score (nSPS) is 20.7. The topological polar surface area (TPSA) is 65.5 Å². The lowest BCUT2D eigenvalue weighted by atomic mass is 10.0. The number of guanidine groups is 1. The zero-order valence-electron chi connectivity index (χ0n) is 11.5. The molecular weight excluding hydrogens is 271 g/mol. The fourth-order valence-electron chi connectivity index (χ4n) is 2.51. The van der Waals surface area contributed by atoms with E-state index >= 15 is 0 Å². The molecule has 0 spiro atoms. The van der Waals surface area contributed by atoms with Crippen molar-refractivity contribution in [1.82, 2.24) is 10.6 Å². The van der Waals surface area contributed by atoms with Crippen LogP contribution in [0.3, 0.4) is 0 Å². The predicted molar refractivity (Wildman–Crippen MR) is 79.7 cm³/mol. The van der Waals surface area contributed by atoms with Crippen LogP contribution in [-0.2, 0) is 11.2 Å². The number of hydrogen-bond donors (Lipinski definition) is 3. The first kappa shape index (κ1) is 13.8. The minimum atomic E-state index is -0.390. The van der Waals surface area contributed by atoms with E-state index in [0.29, 0.717) is 23.5 Å². The molecule has 5 nitrogen and oxygen atoms in total. The maximum atomic E-state index is 13.8. The van der Waals surface area contributed by atoms with Crippen LogP contribution in [0.15, 0.2) is 35.0 Å². The van der Waals surface area contributed by atoms with Gasteiger partial charge in [0, 0.05) is 24.9 Å². The van der Waals surface area contributed by atoms with Gasteiger partial charge >= 0.3 is 0 Å². The molecular formula is C15H17FN4O. The number of piperidine rings is 1. The average Bonchev–Trinajstić information content (AvgIpc) is 2.50. The lowest BCUT2D eigenvalue weighted by Crippen LogP contribution is -2.41. The molecule has 6 heteroatoms. The van der Waals surface area contributed by atoms with E-state index in [4.69, 9.17) is 0 Å². The number of carbonyl (C=O) groups is 1. The van der Waals surface area contributed by atoms with Crippen LogP contribution in [0.5, 0.6) is 0 Å². The Morgan fingerprint density at radius 3 is 3.19 bits per heavy atom. The Kier molecular flexibility index (Phi) is 3.96. The fraction of sp³-hybridized carbons (Fsp3) is 0.333. The van der Waals surface area contributed by atoms with Crippen LogP contribution in [0.25, 0.3) is 0 Å². The Labute approximate surface area is 122 Å². The molecule has 3 rings (SSSR count). The van der Waals surface area contributed by atoms with Crippen LogP contribution in [-0.4, -0.2) is 31.4 Å². The van der Waals surface area contributed by atoms with E-state index in [1.807, 2.05) is 6.20 Å². The third-order valence-corrected chi connectivity index (χ3v) is 3.65. The lowest BCUT2D eigenvalue weighted by molar-refractivity contribution is -0.107. The number of aldehydes is 1. The van der Waals surface area contributed by atoms with Crippen LogP contribution in [0.1, 0.15) is 12.0 Å². The van der Waals surface area contributed by atoms with E-state index in [-0.39, 0.29) is 18.3 Å². The Morgan fingerprint density at radius 1 is 1.48 bits per heavy atom. The van der Waals surface area contributed by atoms with Gasteiger partial charge in [-0.15, -0.1) is 0 Å². The van der Waals surface area contributed by atoms with Gasteiger partial charge in [0.05, 0.1) is 6.04 Å². The van der Waals surface area contributed by atoms with Crippen LogP contribution in [0.2, 0.25) is 0 Å². The molecule has 0 bridgehead atoms. The molecule has 110 valence electrons. The molecule has 2 aliphatic rings. The molecule has 0 amide bonds. The Bertz CT molecular complexity index is 612. The van der Waals surface area contributed by atoms with Crippen molar-refractivity contribution in [3.05, 3.63) is 41.4 Å². The number of benzene rings is 1. The first-order valence-electron chi connectivity index (χ1n) is 6.99. The van der Waals surface area contributed by atoms with Gasteiger partial charge in [-0.05, 0) is 36.2 Å². The monoisotopic (exact) mass is 288 g/mol. The molecule has 1 atom stereocenters. The number of nitrogens with one attached hydrogen (secondary N) is 3. The zero-order valence-corrected chi connectivity index (χ0v) is 11.5. The van der Waals surface area contributed by atoms with Gasteiger partial charge < -0.3 is 20.7 Å². The summed E-state index contributed by atoms with van der Waals surface area (Å²) in [5.41, 5.74) is 2.29. The van der Waals surface area contributed by atoms with Gasteiger partial charge in [0.25, 0.3) is 0 Å². The van der Waals surface area contributed by atoms with E-state index in [0.717, 1.165) is 19.5 Å². The summed E-state index contributed by atoms with van der Waals surface area (Å²) in [7, 11) is 0. The van der Waals surface area contributed by atoms with Crippen molar-refractivity contribution in [2.45, 2.75) is 18.9 Å². The highest BCUT2D eigenvalue weighted by molar-refractivity contribution is 5.95. The van der Waals surface area contributed by atoms with Gasteiger partial charge in [0.1, 0.15) is 12.1 Å². The second-order valence-electron chi connectivity index (χ2n) is 5.11.